The van der Waals surface area contributed by atoms with Crippen LogP contribution in [0.1, 0.15) is 46.5 Å². The monoisotopic (exact) mass is 208 g/mol. The summed E-state index contributed by atoms with van der Waals surface area (Å²) >= 11 is 0. The van der Waals surface area contributed by atoms with Gasteiger partial charge >= 0.3 is 0 Å². The van der Waals surface area contributed by atoms with Gasteiger partial charge < -0.3 is 5.11 Å². The first-order chi connectivity index (χ1) is 7.09. The van der Waals surface area contributed by atoms with Crippen LogP contribution in [-0.2, 0) is 0 Å². The second-order valence-electron chi connectivity index (χ2n) is 6.66. The molecule has 15 heavy (non-hydrogen) atoms. The molecule has 6 atom stereocenters. The van der Waals surface area contributed by atoms with Gasteiger partial charge in [0.25, 0.3) is 0 Å². The van der Waals surface area contributed by atoms with Gasteiger partial charge in [0.15, 0.2) is 0 Å². The minimum Gasteiger partial charge on any atom is -0.393 e. The minimum absolute atomic E-state index is 0.0387. The van der Waals surface area contributed by atoms with Crippen LogP contribution in [0.25, 0.3) is 0 Å². The fourth-order valence-corrected chi connectivity index (χ4v) is 5.24. The summed E-state index contributed by atoms with van der Waals surface area (Å²) in [4.78, 5) is 0. The summed E-state index contributed by atoms with van der Waals surface area (Å²) in [5.41, 5.74) is 0.590. The molecule has 3 aliphatic carbocycles. The van der Waals surface area contributed by atoms with E-state index in [4.69, 9.17) is 0 Å². The van der Waals surface area contributed by atoms with Crippen molar-refractivity contribution in [2.45, 2.75) is 52.6 Å². The van der Waals surface area contributed by atoms with Crippen molar-refractivity contribution in [2.24, 2.45) is 35.0 Å². The molecule has 0 heterocycles. The van der Waals surface area contributed by atoms with Gasteiger partial charge in [0.2, 0.25) is 0 Å². The lowest BCUT2D eigenvalue weighted by atomic mass is 9.70. The van der Waals surface area contributed by atoms with Crippen LogP contribution < -0.4 is 0 Å². The molecule has 3 rings (SSSR count). The normalized spacial score (nSPS) is 57.8. The minimum atomic E-state index is 0.0387. The Morgan fingerprint density at radius 1 is 1.13 bits per heavy atom. The molecule has 0 aromatic carbocycles. The largest absolute Gasteiger partial charge is 0.393 e. The molecule has 1 nitrogen and oxygen atoms in total. The van der Waals surface area contributed by atoms with Crippen LogP contribution in [-0.4, -0.2) is 11.2 Å². The van der Waals surface area contributed by atoms with Crippen LogP contribution in [0.3, 0.4) is 0 Å². The van der Waals surface area contributed by atoms with Crippen LogP contribution >= 0.6 is 0 Å². The van der Waals surface area contributed by atoms with Crippen LogP contribution in [0.5, 0.6) is 0 Å². The summed E-state index contributed by atoms with van der Waals surface area (Å²) < 4.78 is 0. The highest BCUT2D eigenvalue weighted by atomic mass is 16.3. The summed E-state index contributed by atoms with van der Waals surface area (Å²) in [7, 11) is 0. The van der Waals surface area contributed by atoms with Gasteiger partial charge in [-0.2, -0.15) is 0 Å². The van der Waals surface area contributed by atoms with Crippen molar-refractivity contribution in [1.82, 2.24) is 0 Å². The summed E-state index contributed by atoms with van der Waals surface area (Å²) in [6, 6.07) is 0. The van der Waals surface area contributed by atoms with Gasteiger partial charge in [0.05, 0.1) is 6.10 Å². The Bertz CT molecular complexity index is 273. The summed E-state index contributed by atoms with van der Waals surface area (Å²) in [5, 5.41) is 10.1. The molecule has 0 aromatic rings. The molecule has 3 fully saturated rings. The fraction of sp³-hybridized carbons (Fsp3) is 1.00. The van der Waals surface area contributed by atoms with Crippen molar-refractivity contribution in [1.29, 1.82) is 0 Å². The summed E-state index contributed by atoms with van der Waals surface area (Å²) in [6.07, 6.45) is 5.25. The third-order valence-corrected chi connectivity index (χ3v) is 5.97. The van der Waals surface area contributed by atoms with E-state index in [0.29, 0.717) is 11.3 Å². The molecule has 3 saturated carbocycles. The molecule has 1 spiro atoms. The zero-order valence-corrected chi connectivity index (χ0v) is 10.2. The molecular formula is C14H24O. The molecule has 0 bridgehead atoms. The first-order valence-corrected chi connectivity index (χ1v) is 6.77. The van der Waals surface area contributed by atoms with E-state index in [9.17, 15) is 5.11 Å². The lowest BCUT2D eigenvalue weighted by Crippen LogP contribution is -2.28. The Kier molecular flexibility index (Phi) is 2.03. The van der Waals surface area contributed by atoms with Gasteiger partial charge in [-0.15, -0.1) is 0 Å². The standard InChI is InChI=1S/C14H24O/c1-8(2)10-5-4-9(3)14-7-6-11(15)13(14)12(10)14/h8-13,15H,4-7H2,1-3H3/t9-,10-,11+,12+,13+,14+/m1/s1. The van der Waals surface area contributed by atoms with Crippen molar-refractivity contribution < 1.29 is 5.11 Å². The Labute approximate surface area is 93.3 Å². The van der Waals surface area contributed by atoms with Gasteiger partial charge in [0.1, 0.15) is 0 Å². The van der Waals surface area contributed by atoms with Crippen molar-refractivity contribution in [2.75, 3.05) is 0 Å². The zero-order chi connectivity index (χ0) is 10.8. The summed E-state index contributed by atoms with van der Waals surface area (Å²) in [5.74, 6) is 4.16. The fourth-order valence-electron chi connectivity index (χ4n) is 5.24. The Balaban J connectivity index is 1.88. The highest BCUT2D eigenvalue weighted by molar-refractivity contribution is 5.22. The third-order valence-electron chi connectivity index (χ3n) is 5.97. The van der Waals surface area contributed by atoms with E-state index in [1.165, 1.54) is 19.3 Å². The Morgan fingerprint density at radius 3 is 2.53 bits per heavy atom. The van der Waals surface area contributed by atoms with Crippen LogP contribution in [0.2, 0.25) is 0 Å². The van der Waals surface area contributed by atoms with Crippen LogP contribution in [0, 0.1) is 35.0 Å². The second-order valence-corrected chi connectivity index (χ2v) is 6.66. The maximum absolute atomic E-state index is 10.1. The van der Waals surface area contributed by atoms with Crippen LogP contribution in [0.4, 0.5) is 0 Å². The molecule has 1 heteroatoms. The molecule has 0 amide bonds. The van der Waals surface area contributed by atoms with Crippen molar-refractivity contribution in [3.8, 4) is 0 Å². The van der Waals surface area contributed by atoms with Gasteiger partial charge in [-0.05, 0) is 60.7 Å². The van der Waals surface area contributed by atoms with Crippen molar-refractivity contribution in [3.05, 3.63) is 0 Å². The third kappa shape index (κ3) is 1.08. The van der Waals surface area contributed by atoms with E-state index in [1.807, 2.05) is 0 Å². The number of rotatable bonds is 1. The maximum Gasteiger partial charge on any atom is 0.0577 e. The van der Waals surface area contributed by atoms with Gasteiger partial charge in [-0.25, -0.2) is 0 Å². The van der Waals surface area contributed by atoms with Crippen molar-refractivity contribution in [3.63, 3.8) is 0 Å². The zero-order valence-electron chi connectivity index (χ0n) is 10.2. The Morgan fingerprint density at radius 2 is 1.87 bits per heavy atom. The molecular weight excluding hydrogens is 184 g/mol. The first kappa shape index (κ1) is 10.1. The topological polar surface area (TPSA) is 20.2 Å². The highest BCUT2D eigenvalue weighted by Crippen LogP contribution is 2.77. The highest BCUT2D eigenvalue weighted by Gasteiger charge is 2.74. The Hall–Kier alpha value is -0.0400. The SMILES string of the molecule is CC(C)[C@H]1CC[C@@H](C)[C@]23CC[C@H](O)[C@H]2[C@H]13. The lowest BCUT2D eigenvalue weighted by Gasteiger charge is -2.35. The van der Waals surface area contributed by atoms with E-state index >= 15 is 0 Å². The molecule has 0 unspecified atom stereocenters. The predicted molar refractivity (Wildman–Crippen MR) is 61.4 cm³/mol. The molecule has 0 radical (unpaired) electrons. The second kappa shape index (κ2) is 3.00. The average Bonchev–Trinajstić information content (AvgIpc) is 2.75. The van der Waals surface area contributed by atoms with Gasteiger partial charge in [0, 0.05) is 0 Å². The van der Waals surface area contributed by atoms with Gasteiger partial charge in [-0.1, -0.05) is 20.8 Å². The van der Waals surface area contributed by atoms with Gasteiger partial charge in [-0.3, -0.25) is 0 Å². The molecule has 1 N–H and O–H groups in total. The first-order valence-electron chi connectivity index (χ1n) is 6.77. The number of fused-ring (bicyclic) bond motifs is 1. The summed E-state index contributed by atoms with van der Waals surface area (Å²) in [6.45, 7) is 7.17. The molecule has 3 aliphatic rings. The maximum atomic E-state index is 10.1. The predicted octanol–water partition coefficient (Wildman–Crippen LogP) is 3.08. The quantitative estimate of drug-likeness (QED) is 0.702. The van der Waals surface area contributed by atoms with E-state index in [1.54, 1.807) is 0 Å². The average molecular weight is 208 g/mol. The smallest absolute Gasteiger partial charge is 0.0577 e. The number of aliphatic hydroxyl groups is 1. The number of hydrogen-bond acceptors (Lipinski definition) is 1. The molecule has 0 aliphatic heterocycles. The number of hydrogen-bond donors (Lipinski definition) is 1. The van der Waals surface area contributed by atoms with E-state index in [0.717, 1.165) is 30.1 Å². The molecule has 0 aromatic heterocycles. The molecule has 0 saturated heterocycles. The van der Waals surface area contributed by atoms with Crippen LogP contribution in [0.15, 0.2) is 0 Å². The van der Waals surface area contributed by atoms with E-state index < -0.39 is 0 Å². The van der Waals surface area contributed by atoms with E-state index in [-0.39, 0.29) is 6.10 Å². The number of aliphatic hydroxyl groups excluding tert-OH is 1. The van der Waals surface area contributed by atoms with Crippen molar-refractivity contribution >= 4 is 0 Å². The lowest BCUT2D eigenvalue weighted by molar-refractivity contribution is 0.117. The van der Waals surface area contributed by atoms with E-state index in [2.05, 4.69) is 20.8 Å². The molecule has 86 valence electrons.